The Kier molecular flexibility index (Phi) is 3.33. The molecule has 0 aliphatic carbocycles. The van der Waals surface area contributed by atoms with Crippen LogP contribution in [0.15, 0.2) is 22.7 Å². The van der Waals surface area contributed by atoms with Crippen molar-refractivity contribution in [3.05, 3.63) is 27.7 Å². The normalized spacial score (nSPS) is 9.85. The van der Waals surface area contributed by atoms with E-state index in [0.717, 1.165) is 10.2 Å². The van der Waals surface area contributed by atoms with E-state index in [9.17, 15) is 4.79 Å². The summed E-state index contributed by atoms with van der Waals surface area (Å²) in [6, 6.07) is 5.41. The van der Waals surface area contributed by atoms with Crippen LogP contribution >= 0.6 is 27.5 Å². The Morgan fingerprint density at radius 1 is 1.54 bits per heavy atom. The molecule has 0 saturated heterocycles. The minimum Gasteiger partial charge on any atom is -0.314 e. The van der Waals surface area contributed by atoms with Crippen LogP contribution in [0.5, 0.6) is 0 Å². The third-order valence-corrected chi connectivity index (χ3v) is 2.54. The first-order valence-electron chi connectivity index (χ1n) is 3.71. The maximum Gasteiger partial charge on any atom is 0.223 e. The number of carbonyl (C=O) groups excluding carboxylic acids is 1. The van der Waals surface area contributed by atoms with E-state index in [1.54, 1.807) is 19.2 Å². The molecule has 1 rings (SSSR count). The van der Waals surface area contributed by atoms with E-state index in [0.29, 0.717) is 5.02 Å². The Hall–Kier alpha value is -0.540. The SMILES string of the molecule is CC(=O)N(C)c1ccc(Br)cc1Cl. The first-order valence-corrected chi connectivity index (χ1v) is 4.89. The molecule has 1 aromatic carbocycles. The molecule has 4 heteroatoms. The van der Waals surface area contributed by atoms with Crippen molar-refractivity contribution in [1.82, 2.24) is 0 Å². The van der Waals surface area contributed by atoms with Gasteiger partial charge in [-0.2, -0.15) is 0 Å². The highest BCUT2D eigenvalue weighted by Crippen LogP contribution is 2.28. The average Bonchev–Trinajstić information content (AvgIpc) is 2.03. The van der Waals surface area contributed by atoms with Gasteiger partial charge in [-0.05, 0) is 18.2 Å². The lowest BCUT2D eigenvalue weighted by atomic mass is 10.3. The summed E-state index contributed by atoms with van der Waals surface area (Å²) in [5.74, 6) is -0.0378. The van der Waals surface area contributed by atoms with Crippen LogP contribution in [0.1, 0.15) is 6.92 Å². The third-order valence-electron chi connectivity index (χ3n) is 1.74. The molecule has 0 bridgehead atoms. The highest BCUT2D eigenvalue weighted by Gasteiger charge is 2.09. The van der Waals surface area contributed by atoms with Crippen LogP contribution < -0.4 is 4.90 Å². The third kappa shape index (κ3) is 2.45. The molecule has 0 heterocycles. The van der Waals surface area contributed by atoms with Gasteiger partial charge in [0.2, 0.25) is 5.91 Å². The second-order valence-corrected chi connectivity index (χ2v) is 4.00. The van der Waals surface area contributed by atoms with Gasteiger partial charge in [-0.15, -0.1) is 0 Å². The summed E-state index contributed by atoms with van der Waals surface area (Å²) in [6.07, 6.45) is 0. The predicted octanol–water partition coefficient (Wildman–Crippen LogP) is 3.09. The fourth-order valence-electron chi connectivity index (χ4n) is 0.923. The van der Waals surface area contributed by atoms with Gasteiger partial charge in [-0.3, -0.25) is 4.79 Å². The molecule has 70 valence electrons. The van der Waals surface area contributed by atoms with E-state index in [-0.39, 0.29) is 5.91 Å². The second-order valence-electron chi connectivity index (χ2n) is 2.67. The maximum absolute atomic E-state index is 11.0. The average molecular weight is 263 g/mol. The quantitative estimate of drug-likeness (QED) is 0.762. The van der Waals surface area contributed by atoms with Crippen LogP contribution in [0, 0.1) is 0 Å². The fraction of sp³-hybridized carbons (Fsp3) is 0.222. The van der Waals surface area contributed by atoms with Gasteiger partial charge in [0.15, 0.2) is 0 Å². The lowest BCUT2D eigenvalue weighted by Crippen LogP contribution is -2.22. The van der Waals surface area contributed by atoms with E-state index in [1.807, 2.05) is 6.07 Å². The monoisotopic (exact) mass is 261 g/mol. The Bertz CT molecular complexity index is 340. The number of nitrogens with zero attached hydrogens (tertiary/aromatic N) is 1. The summed E-state index contributed by atoms with van der Waals surface area (Å²) in [6.45, 7) is 1.50. The van der Waals surface area contributed by atoms with Crippen molar-refractivity contribution in [3.8, 4) is 0 Å². The van der Waals surface area contributed by atoms with Crippen LogP contribution in [0.3, 0.4) is 0 Å². The number of rotatable bonds is 1. The largest absolute Gasteiger partial charge is 0.314 e. The Morgan fingerprint density at radius 3 is 2.62 bits per heavy atom. The lowest BCUT2D eigenvalue weighted by Gasteiger charge is -2.16. The molecule has 13 heavy (non-hydrogen) atoms. The van der Waals surface area contributed by atoms with Crippen LogP contribution in [0.4, 0.5) is 5.69 Å². The van der Waals surface area contributed by atoms with Crippen molar-refractivity contribution in [2.24, 2.45) is 0 Å². The summed E-state index contributed by atoms with van der Waals surface area (Å²) < 4.78 is 0.901. The first-order chi connectivity index (χ1) is 6.02. The molecule has 0 unspecified atom stereocenters. The highest BCUT2D eigenvalue weighted by atomic mass is 79.9. The van der Waals surface area contributed by atoms with E-state index in [1.165, 1.54) is 11.8 Å². The number of amides is 1. The molecule has 0 spiro atoms. The Labute approximate surface area is 90.6 Å². The van der Waals surface area contributed by atoms with Gasteiger partial charge in [-0.1, -0.05) is 27.5 Å². The molecule has 2 nitrogen and oxygen atoms in total. The summed E-state index contributed by atoms with van der Waals surface area (Å²) in [7, 11) is 1.69. The van der Waals surface area contributed by atoms with E-state index >= 15 is 0 Å². The predicted molar refractivity (Wildman–Crippen MR) is 58.2 cm³/mol. The minimum atomic E-state index is -0.0378. The number of carbonyl (C=O) groups is 1. The molecule has 0 aliphatic heterocycles. The van der Waals surface area contributed by atoms with Crippen LogP contribution in [0.2, 0.25) is 5.02 Å². The van der Waals surface area contributed by atoms with Crippen molar-refractivity contribution in [1.29, 1.82) is 0 Å². The molecule has 1 aromatic rings. The van der Waals surface area contributed by atoms with Gasteiger partial charge in [0.1, 0.15) is 0 Å². The van der Waals surface area contributed by atoms with E-state index in [4.69, 9.17) is 11.6 Å². The number of anilines is 1. The van der Waals surface area contributed by atoms with Crippen molar-refractivity contribution in [3.63, 3.8) is 0 Å². The summed E-state index contributed by atoms with van der Waals surface area (Å²) in [5.41, 5.74) is 0.720. The van der Waals surface area contributed by atoms with Crippen molar-refractivity contribution in [2.45, 2.75) is 6.92 Å². The fourth-order valence-corrected chi connectivity index (χ4v) is 1.72. The van der Waals surface area contributed by atoms with Crippen LogP contribution in [-0.2, 0) is 4.79 Å². The standard InChI is InChI=1S/C9H9BrClNO/c1-6(13)12(2)9-4-3-7(10)5-8(9)11/h3-5H,1-2H3. The zero-order valence-corrected chi connectivity index (χ0v) is 9.69. The highest BCUT2D eigenvalue weighted by molar-refractivity contribution is 9.10. The number of halogens is 2. The minimum absolute atomic E-state index is 0.0378. The van der Waals surface area contributed by atoms with Crippen molar-refractivity contribution < 1.29 is 4.79 Å². The van der Waals surface area contributed by atoms with Crippen molar-refractivity contribution in [2.75, 3.05) is 11.9 Å². The van der Waals surface area contributed by atoms with Gasteiger partial charge in [-0.25, -0.2) is 0 Å². The summed E-state index contributed by atoms with van der Waals surface area (Å²) in [5, 5.41) is 0.562. The van der Waals surface area contributed by atoms with Crippen LogP contribution in [0.25, 0.3) is 0 Å². The van der Waals surface area contributed by atoms with Gasteiger partial charge >= 0.3 is 0 Å². The molecular formula is C9H9BrClNO. The lowest BCUT2D eigenvalue weighted by molar-refractivity contribution is -0.116. The van der Waals surface area contributed by atoms with Gasteiger partial charge in [0.05, 0.1) is 10.7 Å². The Balaban J connectivity index is 3.08. The molecule has 0 aliphatic rings. The van der Waals surface area contributed by atoms with Crippen LogP contribution in [-0.4, -0.2) is 13.0 Å². The summed E-state index contributed by atoms with van der Waals surface area (Å²) >= 11 is 9.24. The molecular weight excluding hydrogens is 253 g/mol. The zero-order valence-electron chi connectivity index (χ0n) is 7.34. The molecule has 0 radical (unpaired) electrons. The van der Waals surface area contributed by atoms with Gasteiger partial charge in [0, 0.05) is 18.4 Å². The topological polar surface area (TPSA) is 20.3 Å². The van der Waals surface area contributed by atoms with E-state index < -0.39 is 0 Å². The first kappa shape index (κ1) is 10.5. The van der Waals surface area contributed by atoms with E-state index in [2.05, 4.69) is 15.9 Å². The number of hydrogen-bond donors (Lipinski definition) is 0. The molecule has 0 atom stereocenters. The Morgan fingerprint density at radius 2 is 2.15 bits per heavy atom. The molecule has 1 amide bonds. The molecule has 0 aromatic heterocycles. The number of hydrogen-bond acceptors (Lipinski definition) is 1. The van der Waals surface area contributed by atoms with Crippen molar-refractivity contribution >= 4 is 39.1 Å². The molecule has 0 fully saturated rings. The smallest absolute Gasteiger partial charge is 0.223 e. The molecule has 0 saturated carbocycles. The zero-order chi connectivity index (χ0) is 10.0. The second kappa shape index (κ2) is 4.11. The summed E-state index contributed by atoms with van der Waals surface area (Å²) in [4.78, 5) is 12.5. The van der Waals surface area contributed by atoms with Gasteiger partial charge < -0.3 is 4.90 Å². The molecule has 0 N–H and O–H groups in total. The maximum atomic E-state index is 11.0. The number of benzene rings is 1. The van der Waals surface area contributed by atoms with Gasteiger partial charge in [0.25, 0.3) is 0 Å².